The largest absolute Gasteiger partial charge is 0.256 e. The average molecular weight is 240 g/mol. The van der Waals surface area contributed by atoms with Crippen molar-refractivity contribution < 1.29 is 8.42 Å². The molecule has 0 atom stereocenters. The predicted molar refractivity (Wildman–Crippen MR) is 55.8 cm³/mol. The van der Waals surface area contributed by atoms with Crippen LogP contribution >= 0.6 is 0 Å². The van der Waals surface area contributed by atoms with Gasteiger partial charge in [-0.25, -0.2) is 18.2 Å². The number of nitrogens with two attached hydrogens (primary N) is 1. The number of nitrogens with zero attached hydrogens (tertiary/aromatic N) is 3. The van der Waals surface area contributed by atoms with Gasteiger partial charge in [-0.3, -0.25) is 0 Å². The smallest absolute Gasteiger partial charge is 0.249 e. The Morgan fingerprint density at radius 2 is 2.12 bits per heavy atom. The van der Waals surface area contributed by atoms with Crippen LogP contribution in [0.25, 0.3) is 0 Å². The van der Waals surface area contributed by atoms with E-state index in [1.165, 1.54) is 10.9 Å². The average Bonchev–Trinajstić information content (AvgIpc) is 2.84. The van der Waals surface area contributed by atoms with Gasteiger partial charge in [0.2, 0.25) is 0 Å². The van der Waals surface area contributed by atoms with Crippen LogP contribution in [0.1, 0.15) is 37.3 Å². The normalized spacial score (nSPS) is 17.5. The Kier molecular flexibility index (Phi) is 2.69. The highest BCUT2D eigenvalue weighted by atomic mass is 32.2. The third-order valence-corrected chi connectivity index (χ3v) is 3.76. The Labute approximate surface area is 93.7 Å². The molecule has 0 aromatic carbocycles. The summed E-state index contributed by atoms with van der Waals surface area (Å²) >= 11 is 0. The molecule has 1 saturated carbocycles. The van der Waals surface area contributed by atoms with Crippen molar-refractivity contribution in [3.05, 3.63) is 11.8 Å². The molecule has 2 N–H and O–H groups in total. The van der Waals surface area contributed by atoms with E-state index in [0.29, 0.717) is 0 Å². The van der Waals surface area contributed by atoms with Crippen LogP contribution in [-0.2, 0) is 10.0 Å². The molecular formula is C9H12N4O2S. The number of primary sulfonamides is 1. The van der Waals surface area contributed by atoms with Crippen LogP contribution in [0.4, 0.5) is 0 Å². The van der Waals surface area contributed by atoms with Gasteiger partial charge in [-0.15, -0.1) is 0 Å². The molecule has 2 rings (SSSR count). The first kappa shape index (κ1) is 11.1. The zero-order chi connectivity index (χ0) is 11.8. The highest BCUT2D eigenvalue weighted by molar-refractivity contribution is 7.89. The SMILES string of the molecule is N#Cc1cnn(C2CCCC2)c1S(N)(=O)=O. The fourth-order valence-corrected chi connectivity index (χ4v) is 2.98. The first-order valence-corrected chi connectivity index (χ1v) is 6.59. The Morgan fingerprint density at radius 3 is 2.62 bits per heavy atom. The van der Waals surface area contributed by atoms with E-state index >= 15 is 0 Å². The number of hydrogen-bond donors (Lipinski definition) is 1. The van der Waals surface area contributed by atoms with Gasteiger partial charge in [0, 0.05) is 0 Å². The molecule has 1 aromatic heterocycles. The summed E-state index contributed by atoms with van der Waals surface area (Å²) in [4.78, 5) is 0. The van der Waals surface area contributed by atoms with Crippen molar-refractivity contribution in [2.75, 3.05) is 0 Å². The van der Waals surface area contributed by atoms with Gasteiger partial charge in [-0.05, 0) is 12.8 Å². The zero-order valence-electron chi connectivity index (χ0n) is 8.63. The number of rotatable bonds is 2. The van der Waals surface area contributed by atoms with Gasteiger partial charge in [0.25, 0.3) is 10.0 Å². The van der Waals surface area contributed by atoms with E-state index in [1.807, 2.05) is 0 Å². The lowest BCUT2D eigenvalue weighted by molar-refractivity contribution is 0.427. The van der Waals surface area contributed by atoms with Gasteiger partial charge in [-0.1, -0.05) is 12.8 Å². The van der Waals surface area contributed by atoms with Gasteiger partial charge in [0.05, 0.1) is 12.2 Å². The molecule has 1 aromatic rings. The molecule has 1 fully saturated rings. The number of sulfonamides is 1. The molecule has 86 valence electrons. The Hall–Kier alpha value is -1.39. The van der Waals surface area contributed by atoms with Crippen LogP contribution < -0.4 is 5.14 Å². The predicted octanol–water partition coefficient (Wildman–Crippen LogP) is 0.517. The molecule has 0 amide bonds. The van der Waals surface area contributed by atoms with Gasteiger partial charge in [0.15, 0.2) is 5.03 Å². The summed E-state index contributed by atoms with van der Waals surface area (Å²) in [5.74, 6) is 0. The van der Waals surface area contributed by atoms with E-state index in [4.69, 9.17) is 10.4 Å². The lowest BCUT2D eigenvalue weighted by atomic mass is 10.2. The third-order valence-electron chi connectivity index (χ3n) is 2.81. The van der Waals surface area contributed by atoms with E-state index in [0.717, 1.165) is 25.7 Å². The summed E-state index contributed by atoms with van der Waals surface area (Å²) in [6, 6.07) is 1.85. The molecule has 1 aliphatic carbocycles. The van der Waals surface area contributed by atoms with E-state index in [2.05, 4.69) is 5.10 Å². The first-order valence-electron chi connectivity index (χ1n) is 5.04. The summed E-state index contributed by atoms with van der Waals surface area (Å²) in [5, 5.41) is 17.7. The van der Waals surface area contributed by atoms with E-state index in [1.54, 1.807) is 6.07 Å². The molecular weight excluding hydrogens is 228 g/mol. The highest BCUT2D eigenvalue weighted by Gasteiger charge is 2.27. The van der Waals surface area contributed by atoms with Crippen molar-refractivity contribution in [3.8, 4) is 6.07 Å². The van der Waals surface area contributed by atoms with Gasteiger partial charge in [-0.2, -0.15) is 10.4 Å². The maximum Gasteiger partial charge on any atom is 0.256 e. The minimum absolute atomic E-state index is 0.0226. The van der Waals surface area contributed by atoms with Gasteiger partial charge in [0.1, 0.15) is 11.6 Å². The van der Waals surface area contributed by atoms with E-state index in [9.17, 15) is 8.42 Å². The van der Waals surface area contributed by atoms with Crippen molar-refractivity contribution in [2.45, 2.75) is 36.8 Å². The van der Waals surface area contributed by atoms with Crippen LogP contribution in [-0.4, -0.2) is 18.2 Å². The highest BCUT2D eigenvalue weighted by Crippen LogP contribution is 2.31. The van der Waals surface area contributed by atoms with Crippen molar-refractivity contribution in [1.29, 1.82) is 5.26 Å². The van der Waals surface area contributed by atoms with Gasteiger partial charge >= 0.3 is 0 Å². The monoisotopic (exact) mass is 240 g/mol. The van der Waals surface area contributed by atoms with Crippen molar-refractivity contribution >= 4 is 10.0 Å². The van der Waals surface area contributed by atoms with Crippen molar-refractivity contribution in [3.63, 3.8) is 0 Å². The fourth-order valence-electron chi connectivity index (χ4n) is 2.12. The zero-order valence-corrected chi connectivity index (χ0v) is 9.44. The molecule has 0 spiro atoms. The summed E-state index contributed by atoms with van der Waals surface area (Å²) in [7, 11) is -3.89. The lowest BCUT2D eigenvalue weighted by Crippen LogP contribution is -2.21. The molecule has 0 bridgehead atoms. The number of aromatic nitrogens is 2. The second kappa shape index (κ2) is 3.88. The lowest BCUT2D eigenvalue weighted by Gasteiger charge is -2.12. The minimum atomic E-state index is -3.89. The first-order chi connectivity index (χ1) is 7.54. The molecule has 0 radical (unpaired) electrons. The van der Waals surface area contributed by atoms with Gasteiger partial charge < -0.3 is 0 Å². The van der Waals surface area contributed by atoms with Crippen LogP contribution in [0, 0.1) is 11.3 Å². The fraction of sp³-hybridized carbons (Fsp3) is 0.556. The number of hydrogen-bond acceptors (Lipinski definition) is 4. The Bertz CT molecular complexity index is 534. The molecule has 16 heavy (non-hydrogen) atoms. The quantitative estimate of drug-likeness (QED) is 0.813. The maximum absolute atomic E-state index is 11.4. The summed E-state index contributed by atoms with van der Waals surface area (Å²) < 4.78 is 24.2. The van der Waals surface area contributed by atoms with Crippen LogP contribution in [0.3, 0.4) is 0 Å². The van der Waals surface area contributed by atoms with Crippen LogP contribution in [0.15, 0.2) is 11.2 Å². The molecule has 7 heteroatoms. The standard InChI is InChI=1S/C9H12N4O2S/c10-5-7-6-12-13(8-3-1-2-4-8)9(7)16(11,14)15/h6,8H,1-4H2,(H2,11,14,15). The maximum atomic E-state index is 11.4. The number of nitriles is 1. The molecule has 1 heterocycles. The summed E-state index contributed by atoms with van der Waals surface area (Å²) in [5.41, 5.74) is 0.0226. The molecule has 0 saturated heterocycles. The topological polar surface area (TPSA) is 102 Å². The third kappa shape index (κ3) is 1.81. The second-order valence-electron chi connectivity index (χ2n) is 3.90. The summed E-state index contributed by atoms with van der Waals surface area (Å²) in [6.07, 6.45) is 5.13. The second-order valence-corrected chi connectivity index (χ2v) is 5.38. The van der Waals surface area contributed by atoms with Crippen LogP contribution in [0.2, 0.25) is 0 Å². The van der Waals surface area contributed by atoms with E-state index < -0.39 is 10.0 Å². The molecule has 0 unspecified atom stereocenters. The molecule has 6 nitrogen and oxygen atoms in total. The van der Waals surface area contributed by atoms with Crippen LogP contribution in [0.5, 0.6) is 0 Å². The van der Waals surface area contributed by atoms with Crippen molar-refractivity contribution in [1.82, 2.24) is 9.78 Å². The minimum Gasteiger partial charge on any atom is -0.249 e. The Balaban J connectivity index is 2.55. The summed E-state index contributed by atoms with van der Waals surface area (Å²) in [6.45, 7) is 0. The molecule has 1 aliphatic rings. The van der Waals surface area contributed by atoms with E-state index in [-0.39, 0.29) is 16.6 Å². The Morgan fingerprint density at radius 1 is 1.50 bits per heavy atom. The molecule has 0 aliphatic heterocycles. The van der Waals surface area contributed by atoms with Crippen molar-refractivity contribution in [2.24, 2.45) is 5.14 Å².